The van der Waals surface area contributed by atoms with Crippen molar-refractivity contribution in [2.75, 3.05) is 19.1 Å². The van der Waals surface area contributed by atoms with Gasteiger partial charge in [0.25, 0.3) is 11.8 Å². The molecule has 0 spiro atoms. The van der Waals surface area contributed by atoms with Crippen molar-refractivity contribution < 1.29 is 23.9 Å². The molecule has 1 saturated heterocycles. The Labute approximate surface area is 162 Å². The average molecular weight is 380 g/mol. The largest absolute Gasteiger partial charge is 0.493 e. The van der Waals surface area contributed by atoms with E-state index in [0.29, 0.717) is 22.7 Å². The van der Waals surface area contributed by atoms with Crippen molar-refractivity contribution in [3.05, 3.63) is 58.7 Å². The molecule has 7 nitrogen and oxygen atoms in total. The van der Waals surface area contributed by atoms with Crippen molar-refractivity contribution in [3.8, 4) is 11.5 Å². The van der Waals surface area contributed by atoms with Gasteiger partial charge in [0.15, 0.2) is 11.5 Å². The third-order valence-electron chi connectivity index (χ3n) is 4.57. The summed E-state index contributed by atoms with van der Waals surface area (Å²) >= 11 is 0. The van der Waals surface area contributed by atoms with Crippen LogP contribution in [0, 0.1) is 13.8 Å². The van der Waals surface area contributed by atoms with Crippen LogP contribution >= 0.6 is 0 Å². The SMILES string of the molecule is COc1ccc(/C=C2\C(=O)NC(=O)N(c3ccc(C)c(C)c3)C2=O)cc1OC. The Kier molecular flexibility index (Phi) is 5.17. The molecule has 144 valence electrons. The predicted octanol–water partition coefficient (Wildman–Crippen LogP) is 2.99. The minimum absolute atomic E-state index is 0.148. The van der Waals surface area contributed by atoms with E-state index in [-0.39, 0.29) is 5.57 Å². The first-order valence-electron chi connectivity index (χ1n) is 8.56. The normalized spacial score (nSPS) is 15.6. The molecule has 0 saturated carbocycles. The highest BCUT2D eigenvalue weighted by Gasteiger charge is 2.36. The zero-order chi connectivity index (χ0) is 20.4. The van der Waals surface area contributed by atoms with Gasteiger partial charge in [-0.15, -0.1) is 0 Å². The van der Waals surface area contributed by atoms with E-state index in [1.165, 1.54) is 20.3 Å². The van der Waals surface area contributed by atoms with Gasteiger partial charge in [0, 0.05) is 0 Å². The summed E-state index contributed by atoms with van der Waals surface area (Å²) in [4.78, 5) is 38.5. The molecule has 1 N–H and O–H groups in total. The predicted molar refractivity (Wildman–Crippen MR) is 104 cm³/mol. The zero-order valence-electron chi connectivity index (χ0n) is 16.0. The average Bonchev–Trinajstić information content (AvgIpc) is 2.67. The van der Waals surface area contributed by atoms with Crippen LogP contribution in [0.1, 0.15) is 16.7 Å². The third-order valence-corrected chi connectivity index (χ3v) is 4.57. The lowest BCUT2D eigenvalue weighted by molar-refractivity contribution is -0.122. The maximum absolute atomic E-state index is 12.9. The summed E-state index contributed by atoms with van der Waals surface area (Å²) in [5.74, 6) is -0.449. The number of nitrogens with zero attached hydrogens (tertiary/aromatic N) is 1. The second-order valence-electron chi connectivity index (χ2n) is 6.34. The molecule has 1 aliphatic rings. The number of methoxy groups -OCH3 is 2. The van der Waals surface area contributed by atoms with Crippen LogP contribution in [0.25, 0.3) is 6.08 Å². The number of barbiturate groups is 1. The van der Waals surface area contributed by atoms with Gasteiger partial charge in [0.1, 0.15) is 5.57 Å². The lowest BCUT2D eigenvalue weighted by atomic mass is 10.0. The van der Waals surface area contributed by atoms with Crippen molar-refractivity contribution in [2.24, 2.45) is 0 Å². The Morgan fingerprint density at radius 3 is 2.25 bits per heavy atom. The van der Waals surface area contributed by atoms with E-state index in [1.807, 2.05) is 19.9 Å². The Morgan fingerprint density at radius 1 is 0.893 bits per heavy atom. The van der Waals surface area contributed by atoms with Crippen LogP contribution in [0.15, 0.2) is 42.0 Å². The van der Waals surface area contributed by atoms with Gasteiger partial charge >= 0.3 is 6.03 Å². The number of benzene rings is 2. The number of carbonyl (C=O) groups is 3. The number of hydrogen-bond donors (Lipinski definition) is 1. The molecule has 3 rings (SSSR count). The molecule has 0 bridgehead atoms. The summed E-state index contributed by atoms with van der Waals surface area (Å²) in [6.45, 7) is 3.82. The molecule has 28 heavy (non-hydrogen) atoms. The lowest BCUT2D eigenvalue weighted by Gasteiger charge is -2.26. The highest BCUT2D eigenvalue weighted by molar-refractivity contribution is 6.39. The number of urea groups is 1. The van der Waals surface area contributed by atoms with Gasteiger partial charge in [-0.2, -0.15) is 0 Å². The van der Waals surface area contributed by atoms with Gasteiger partial charge in [-0.05, 0) is 60.9 Å². The Balaban J connectivity index is 2.02. The van der Waals surface area contributed by atoms with Crippen LogP contribution < -0.4 is 19.7 Å². The first-order chi connectivity index (χ1) is 13.3. The van der Waals surface area contributed by atoms with Crippen molar-refractivity contribution in [3.63, 3.8) is 0 Å². The fourth-order valence-electron chi connectivity index (χ4n) is 2.87. The summed E-state index contributed by atoms with van der Waals surface area (Å²) < 4.78 is 10.4. The van der Waals surface area contributed by atoms with Crippen molar-refractivity contribution in [2.45, 2.75) is 13.8 Å². The molecule has 2 aromatic carbocycles. The monoisotopic (exact) mass is 380 g/mol. The van der Waals surface area contributed by atoms with Gasteiger partial charge < -0.3 is 9.47 Å². The number of anilines is 1. The summed E-state index contributed by atoms with van der Waals surface area (Å²) in [5, 5.41) is 2.22. The Morgan fingerprint density at radius 2 is 1.61 bits per heavy atom. The van der Waals surface area contributed by atoms with Crippen LogP contribution in [0.3, 0.4) is 0 Å². The number of amides is 4. The van der Waals surface area contributed by atoms with E-state index in [1.54, 1.807) is 30.3 Å². The number of imide groups is 2. The number of hydrogen-bond acceptors (Lipinski definition) is 5. The van der Waals surface area contributed by atoms with Gasteiger partial charge in [0.05, 0.1) is 19.9 Å². The van der Waals surface area contributed by atoms with Crippen molar-refractivity contribution in [1.82, 2.24) is 5.32 Å². The van der Waals surface area contributed by atoms with Crippen molar-refractivity contribution in [1.29, 1.82) is 0 Å². The summed E-state index contributed by atoms with van der Waals surface area (Å²) in [6.07, 6.45) is 1.42. The number of rotatable bonds is 4. The standard InChI is InChI=1S/C21H20N2O5/c1-12-5-7-15(9-13(12)2)23-20(25)16(19(24)22-21(23)26)10-14-6-8-17(27-3)18(11-14)28-4/h5-11H,1-4H3,(H,22,24,26)/b16-10+. The molecule has 0 unspecified atom stereocenters. The topological polar surface area (TPSA) is 84.9 Å². The zero-order valence-corrected chi connectivity index (χ0v) is 16.0. The van der Waals surface area contributed by atoms with Crippen LogP contribution in [0.2, 0.25) is 0 Å². The number of carbonyl (C=O) groups excluding carboxylic acids is 3. The Hall–Kier alpha value is -3.61. The highest BCUT2D eigenvalue weighted by Crippen LogP contribution is 2.29. The molecule has 1 aliphatic heterocycles. The fourth-order valence-corrected chi connectivity index (χ4v) is 2.87. The van der Waals surface area contributed by atoms with E-state index < -0.39 is 17.8 Å². The van der Waals surface area contributed by atoms with Gasteiger partial charge in [-0.1, -0.05) is 12.1 Å². The number of aryl methyl sites for hydroxylation is 2. The minimum Gasteiger partial charge on any atom is -0.493 e. The molecular weight excluding hydrogens is 360 g/mol. The lowest BCUT2D eigenvalue weighted by Crippen LogP contribution is -2.54. The first kappa shape index (κ1) is 19.2. The molecule has 1 heterocycles. The minimum atomic E-state index is -0.775. The molecule has 0 radical (unpaired) electrons. The number of ether oxygens (including phenoxy) is 2. The van der Waals surface area contributed by atoms with E-state index >= 15 is 0 Å². The maximum Gasteiger partial charge on any atom is 0.335 e. The van der Waals surface area contributed by atoms with Crippen LogP contribution in [-0.2, 0) is 9.59 Å². The molecule has 1 fully saturated rings. The Bertz CT molecular complexity index is 1010. The number of nitrogens with one attached hydrogen (secondary N) is 1. The quantitative estimate of drug-likeness (QED) is 0.651. The smallest absolute Gasteiger partial charge is 0.335 e. The van der Waals surface area contributed by atoms with Crippen molar-refractivity contribution >= 4 is 29.6 Å². The molecule has 0 atom stereocenters. The molecule has 4 amide bonds. The van der Waals surface area contributed by atoms with E-state index in [4.69, 9.17) is 9.47 Å². The van der Waals surface area contributed by atoms with Crippen LogP contribution in [0.5, 0.6) is 11.5 Å². The highest BCUT2D eigenvalue weighted by atomic mass is 16.5. The first-order valence-corrected chi connectivity index (χ1v) is 8.56. The summed E-state index contributed by atoms with van der Waals surface area (Å²) in [5.41, 5.74) is 2.78. The van der Waals surface area contributed by atoms with Gasteiger partial charge in [-0.25, -0.2) is 9.69 Å². The summed E-state index contributed by atoms with van der Waals surface area (Å²) in [7, 11) is 3.01. The molecular formula is C21H20N2O5. The van der Waals surface area contributed by atoms with Gasteiger partial charge in [-0.3, -0.25) is 14.9 Å². The van der Waals surface area contributed by atoms with E-state index in [0.717, 1.165) is 16.0 Å². The van der Waals surface area contributed by atoms with Crippen LogP contribution in [-0.4, -0.2) is 32.1 Å². The van der Waals surface area contributed by atoms with Gasteiger partial charge in [0.2, 0.25) is 0 Å². The molecule has 2 aromatic rings. The molecule has 0 aliphatic carbocycles. The maximum atomic E-state index is 12.9. The molecule has 7 heteroatoms. The van der Waals surface area contributed by atoms with Crippen LogP contribution in [0.4, 0.5) is 10.5 Å². The summed E-state index contributed by atoms with van der Waals surface area (Å²) in [6, 6.07) is 9.44. The van der Waals surface area contributed by atoms with E-state index in [2.05, 4.69) is 5.32 Å². The second-order valence-corrected chi connectivity index (χ2v) is 6.34. The third kappa shape index (κ3) is 3.46. The second kappa shape index (κ2) is 7.56. The molecule has 0 aromatic heterocycles. The van der Waals surface area contributed by atoms with E-state index in [9.17, 15) is 14.4 Å². The fraction of sp³-hybridized carbons (Fsp3) is 0.190.